The normalized spacial score (nSPS) is 12.8. The molecule has 0 spiro atoms. The van der Waals surface area contributed by atoms with Gasteiger partial charge in [0.2, 0.25) is 5.89 Å². The Kier molecular flexibility index (Phi) is 4.15. The van der Waals surface area contributed by atoms with E-state index in [1.807, 2.05) is 13.0 Å². The zero-order valence-electron chi connectivity index (χ0n) is 11.1. The molecule has 5 heteroatoms. The van der Waals surface area contributed by atoms with E-state index in [-0.39, 0.29) is 6.04 Å². The van der Waals surface area contributed by atoms with Gasteiger partial charge in [-0.2, -0.15) is 0 Å². The highest BCUT2D eigenvalue weighted by Crippen LogP contribution is 2.26. The summed E-state index contributed by atoms with van der Waals surface area (Å²) in [4.78, 5) is 0. The molecule has 0 aliphatic rings. The van der Waals surface area contributed by atoms with Crippen molar-refractivity contribution in [1.82, 2.24) is 15.5 Å². The lowest BCUT2D eigenvalue weighted by atomic mass is 10.2. The third kappa shape index (κ3) is 2.46. The van der Waals surface area contributed by atoms with Crippen molar-refractivity contribution < 1.29 is 8.83 Å². The summed E-state index contributed by atoms with van der Waals surface area (Å²) in [6.45, 7) is 7.06. The average molecular weight is 249 g/mol. The predicted octanol–water partition coefficient (Wildman–Crippen LogP) is 2.95. The number of hydrogen-bond donors (Lipinski definition) is 1. The Bertz CT molecular complexity index is 490. The second kappa shape index (κ2) is 5.82. The van der Waals surface area contributed by atoms with Crippen LogP contribution in [0.25, 0.3) is 11.5 Å². The van der Waals surface area contributed by atoms with E-state index in [0.29, 0.717) is 11.8 Å². The minimum absolute atomic E-state index is 0.119. The first-order chi connectivity index (χ1) is 8.80. The van der Waals surface area contributed by atoms with Crippen molar-refractivity contribution in [2.75, 3.05) is 6.54 Å². The molecule has 0 saturated carbocycles. The first-order valence-electron chi connectivity index (χ1n) is 6.43. The van der Waals surface area contributed by atoms with Crippen molar-refractivity contribution in [3.63, 3.8) is 0 Å². The summed E-state index contributed by atoms with van der Waals surface area (Å²) in [5.74, 6) is 2.05. The van der Waals surface area contributed by atoms with Gasteiger partial charge >= 0.3 is 0 Å². The zero-order valence-corrected chi connectivity index (χ0v) is 11.1. The van der Waals surface area contributed by atoms with Crippen LogP contribution in [0.15, 0.2) is 21.2 Å². The Morgan fingerprint density at radius 2 is 2.11 bits per heavy atom. The highest BCUT2D eigenvalue weighted by Gasteiger charge is 2.18. The van der Waals surface area contributed by atoms with Crippen molar-refractivity contribution in [3.8, 4) is 11.5 Å². The number of aryl methyl sites for hydroxylation is 1. The van der Waals surface area contributed by atoms with E-state index in [1.165, 1.54) is 0 Å². The van der Waals surface area contributed by atoms with E-state index in [9.17, 15) is 0 Å². The van der Waals surface area contributed by atoms with Gasteiger partial charge in [-0.3, -0.25) is 0 Å². The van der Waals surface area contributed by atoms with E-state index in [1.54, 1.807) is 6.26 Å². The van der Waals surface area contributed by atoms with Crippen molar-refractivity contribution in [2.24, 2.45) is 0 Å². The summed E-state index contributed by atoms with van der Waals surface area (Å²) < 4.78 is 11.1. The topological polar surface area (TPSA) is 64.1 Å². The monoisotopic (exact) mass is 249 g/mol. The van der Waals surface area contributed by atoms with E-state index in [2.05, 4.69) is 29.4 Å². The standard InChI is InChI=1S/C13H19N3O2/c1-4-10(14-6-3)13-16-15-12(18-13)9-7-8-17-11(9)5-2/h7-8,10,14H,4-6H2,1-3H3. The molecule has 0 amide bonds. The molecular formula is C13H19N3O2. The molecule has 2 aromatic rings. The molecule has 0 aliphatic carbocycles. The molecule has 5 nitrogen and oxygen atoms in total. The van der Waals surface area contributed by atoms with Crippen LogP contribution in [0.3, 0.4) is 0 Å². The van der Waals surface area contributed by atoms with Crippen LogP contribution in [0.4, 0.5) is 0 Å². The maximum Gasteiger partial charge on any atom is 0.251 e. The van der Waals surface area contributed by atoms with Crippen LogP contribution in [0.2, 0.25) is 0 Å². The smallest absolute Gasteiger partial charge is 0.251 e. The van der Waals surface area contributed by atoms with Gasteiger partial charge in [-0.15, -0.1) is 10.2 Å². The second-order valence-electron chi connectivity index (χ2n) is 4.07. The summed E-state index contributed by atoms with van der Waals surface area (Å²) in [5.41, 5.74) is 0.891. The van der Waals surface area contributed by atoms with Gasteiger partial charge in [-0.05, 0) is 19.0 Å². The number of nitrogens with one attached hydrogen (secondary N) is 1. The Balaban J connectivity index is 2.24. The van der Waals surface area contributed by atoms with Crippen LogP contribution in [-0.2, 0) is 6.42 Å². The Morgan fingerprint density at radius 1 is 1.28 bits per heavy atom. The molecule has 0 bridgehead atoms. The summed E-state index contributed by atoms with van der Waals surface area (Å²) >= 11 is 0. The molecular weight excluding hydrogens is 230 g/mol. The Morgan fingerprint density at radius 3 is 2.78 bits per heavy atom. The molecule has 2 rings (SSSR count). The molecule has 98 valence electrons. The van der Waals surface area contributed by atoms with Gasteiger partial charge in [0.1, 0.15) is 5.76 Å². The minimum atomic E-state index is 0.119. The lowest BCUT2D eigenvalue weighted by Gasteiger charge is -2.09. The number of hydrogen-bond acceptors (Lipinski definition) is 5. The highest BCUT2D eigenvalue weighted by atomic mass is 16.4. The van der Waals surface area contributed by atoms with Crippen molar-refractivity contribution in [1.29, 1.82) is 0 Å². The van der Waals surface area contributed by atoms with Crippen molar-refractivity contribution in [3.05, 3.63) is 24.0 Å². The van der Waals surface area contributed by atoms with Crippen molar-refractivity contribution in [2.45, 2.75) is 39.7 Å². The average Bonchev–Trinajstić information content (AvgIpc) is 3.03. The van der Waals surface area contributed by atoms with Crippen LogP contribution < -0.4 is 5.32 Å². The van der Waals surface area contributed by atoms with Crippen LogP contribution in [0, 0.1) is 0 Å². The third-order valence-electron chi connectivity index (χ3n) is 2.89. The Hall–Kier alpha value is -1.62. The first-order valence-corrected chi connectivity index (χ1v) is 6.43. The molecule has 1 unspecified atom stereocenters. The van der Waals surface area contributed by atoms with Gasteiger partial charge in [-0.1, -0.05) is 20.8 Å². The lowest BCUT2D eigenvalue weighted by molar-refractivity contribution is 0.401. The number of nitrogens with zero attached hydrogens (tertiary/aromatic N) is 2. The fourth-order valence-corrected chi connectivity index (χ4v) is 1.94. The largest absolute Gasteiger partial charge is 0.469 e. The molecule has 2 heterocycles. The van der Waals surface area contributed by atoms with Crippen molar-refractivity contribution >= 4 is 0 Å². The molecule has 1 atom stereocenters. The van der Waals surface area contributed by atoms with E-state index >= 15 is 0 Å². The maximum absolute atomic E-state index is 5.73. The van der Waals surface area contributed by atoms with E-state index in [0.717, 1.165) is 30.7 Å². The lowest BCUT2D eigenvalue weighted by Crippen LogP contribution is -2.20. The minimum Gasteiger partial charge on any atom is -0.469 e. The van der Waals surface area contributed by atoms with Gasteiger partial charge in [0.25, 0.3) is 5.89 Å². The second-order valence-corrected chi connectivity index (χ2v) is 4.07. The zero-order chi connectivity index (χ0) is 13.0. The van der Waals surface area contributed by atoms with Crippen LogP contribution in [0.1, 0.15) is 44.9 Å². The number of furan rings is 1. The summed E-state index contributed by atoms with van der Waals surface area (Å²) in [6.07, 6.45) is 3.38. The quantitative estimate of drug-likeness (QED) is 0.852. The Labute approximate surface area is 107 Å². The molecule has 0 aromatic carbocycles. The van der Waals surface area contributed by atoms with Crippen LogP contribution in [-0.4, -0.2) is 16.7 Å². The van der Waals surface area contributed by atoms with Gasteiger partial charge < -0.3 is 14.2 Å². The fourth-order valence-electron chi connectivity index (χ4n) is 1.94. The summed E-state index contributed by atoms with van der Waals surface area (Å²) in [6, 6.07) is 1.98. The van der Waals surface area contributed by atoms with Crippen LogP contribution in [0.5, 0.6) is 0 Å². The number of aromatic nitrogens is 2. The molecule has 1 N–H and O–H groups in total. The molecule has 0 fully saturated rings. The first kappa shape index (κ1) is 12.8. The van der Waals surface area contributed by atoms with Gasteiger partial charge in [0.05, 0.1) is 17.9 Å². The molecule has 0 aliphatic heterocycles. The molecule has 2 aromatic heterocycles. The molecule has 18 heavy (non-hydrogen) atoms. The summed E-state index contributed by atoms with van der Waals surface area (Å²) in [5, 5.41) is 11.5. The van der Waals surface area contributed by atoms with E-state index in [4.69, 9.17) is 8.83 Å². The fraction of sp³-hybridized carbons (Fsp3) is 0.538. The highest BCUT2D eigenvalue weighted by molar-refractivity contribution is 5.54. The van der Waals surface area contributed by atoms with E-state index < -0.39 is 0 Å². The molecule has 0 saturated heterocycles. The maximum atomic E-state index is 5.73. The van der Waals surface area contributed by atoms with Gasteiger partial charge in [0, 0.05) is 6.42 Å². The van der Waals surface area contributed by atoms with Gasteiger partial charge in [0.15, 0.2) is 0 Å². The van der Waals surface area contributed by atoms with Crippen LogP contribution >= 0.6 is 0 Å². The summed E-state index contributed by atoms with van der Waals surface area (Å²) in [7, 11) is 0. The SMILES string of the molecule is CCNC(CC)c1nnc(-c2ccoc2CC)o1. The third-order valence-corrected chi connectivity index (χ3v) is 2.89. The number of rotatable bonds is 6. The predicted molar refractivity (Wildman–Crippen MR) is 68.1 cm³/mol. The molecule has 0 radical (unpaired) electrons. The van der Waals surface area contributed by atoms with Gasteiger partial charge in [-0.25, -0.2) is 0 Å².